The molecule has 0 aliphatic heterocycles. The minimum atomic E-state index is -0.766. The average molecular weight is 364 g/mol. The number of carbonyl (C=O) groups excluding carboxylic acids is 1. The smallest absolute Gasteiger partial charge is 0.329 e. The number of esters is 1. The summed E-state index contributed by atoms with van der Waals surface area (Å²) in [4.78, 5) is 11.7. The van der Waals surface area contributed by atoms with Gasteiger partial charge in [-0.2, -0.15) is 0 Å². The third kappa shape index (κ3) is 4.04. The number of hydrogen-bond acceptors (Lipinski definition) is 2. The lowest BCUT2D eigenvalue weighted by molar-refractivity contribution is -0.133. The Morgan fingerprint density at radius 3 is 2.14 bits per heavy atom. The third-order valence-corrected chi connectivity index (χ3v) is 3.66. The average Bonchev–Trinajstić information content (AvgIpc) is 2.40. The van der Waals surface area contributed by atoms with Crippen LogP contribution in [0.15, 0.2) is 36.4 Å². The summed E-state index contributed by atoms with van der Waals surface area (Å²) in [5.41, 5.74) is 1.31. The van der Waals surface area contributed by atoms with Crippen LogP contribution in [0.2, 0.25) is 15.1 Å². The van der Waals surface area contributed by atoms with Gasteiger partial charge in [-0.05, 0) is 31.2 Å². The van der Waals surface area contributed by atoms with Crippen molar-refractivity contribution in [2.45, 2.75) is 12.3 Å². The zero-order valence-electron chi connectivity index (χ0n) is 10.9. The largest absolute Gasteiger partial charge is 0.425 e. The van der Waals surface area contributed by atoms with Crippen molar-refractivity contribution in [1.29, 1.82) is 0 Å². The number of alkyl halides is 1. The van der Waals surface area contributed by atoms with E-state index in [1.165, 1.54) is 6.92 Å². The second-order valence-electron chi connectivity index (χ2n) is 4.30. The molecule has 0 aliphatic rings. The molecule has 0 radical (unpaired) electrons. The molecule has 2 nitrogen and oxygen atoms in total. The molecule has 21 heavy (non-hydrogen) atoms. The van der Waals surface area contributed by atoms with Crippen LogP contribution in [0.1, 0.15) is 6.92 Å². The SMILES string of the molecule is CC(Cl)C(=O)Oc1cc(Cl)ccc1-c1ccc(Cl)cc1Cl. The van der Waals surface area contributed by atoms with E-state index in [9.17, 15) is 4.79 Å². The molecular formula is C15H10Cl4O2. The van der Waals surface area contributed by atoms with Gasteiger partial charge in [0.1, 0.15) is 11.1 Å². The standard InChI is InChI=1S/C15H10Cl4O2/c1-8(16)15(20)21-14-7-10(18)3-5-12(14)11-4-2-9(17)6-13(11)19/h2-8H,1H3. The van der Waals surface area contributed by atoms with Crippen molar-refractivity contribution in [2.24, 2.45) is 0 Å². The van der Waals surface area contributed by atoms with Crippen molar-refractivity contribution in [2.75, 3.05) is 0 Å². The molecule has 0 saturated heterocycles. The Hall–Kier alpha value is -0.930. The van der Waals surface area contributed by atoms with E-state index in [1.54, 1.807) is 36.4 Å². The molecule has 2 aromatic rings. The highest BCUT2D eigenvalue weighted by Crippen LogP contribution is 2.37. The van der Waals surface area contributed by atoms with Gasteiger partial charge >= 0.3 is 5.97 Å². The molecule has 2 rings (SSSR count). The highest BCUT2D eigenvalue weighted by atomic mass is 35.5. The van der Waals surface area contributed by atoms with Crippen LogP contribution in [0, 0.1) is 0 Å². The normalized spacial score (nSPS) is 12.0. The van der Waals surface area contributed by atoms with Crippen molar-refractivity contribution in [3.63, 3.8) is 0 Å². The van der Waals surface area contributed by atoms with E-state index >= 15 is 0 Å². The van der Waals surface area contributed by atoms with Crippen LogP contribution in [-0.4, -0.2) is 11.3 Å². The number of benzene rings is 2. The van der Waals surface area contributed by atoms with Crippen molar-refractivity contribution in [3.05, 3.63) is 51.5 Å². The van der Waals surface area contributed by atoms with Crippen LogP contribution >= 0.6 is 46.4 Å². The summed E-state index contributed by atoms with van der Waals surface area (Å²) in [5, 5.41) is 0.637. The topological polar surface area (TPSA) is 26.3 Å². The number of hydrogen-bond donors (Lipinski definition) is 0. The van der Waals surface area contributed by atoms with Gasteiger partial charge in [0.2, 0.25) is 0 Å². The summed E-state index contributed by atoms with van der Waals surface area (Å²) in [6.45, 7) is 1.53. The van der Waals surface area contributed by atoms with Gasteiger partial charge in [-0.3, -0.25) is 4.79 Å². The molecule has 1 unspecified atom stereocenters. The minimum Gasteiger partial charge on any atom is -0.425 e. The molecule has 0 heterocycles. The fraction of sp³-hybridized carbons (Fsp3) is 0.133. The van der Waals surface area contributed by atoms with Gasteiger partial charge in [0.25, 0.3) is 0 Å². The Bertz CT molecular complexity index is 683. The molecule has 2 aromatic carbocycles. The Kier molecular flexibility index (Phi) is 5.39. The van der Waals surface area contributed by atoms with Crippen LogP contribution in [0.5, 0.6) is 5.75 Å². The molecule has 0 bridgehead atoms. The maximum atomic E-state index is 11.7. The van der Waals surface area contributed by atoms with Gasteiger partial charge in [0.15, 0.2) is 0 Å². The highest BCUT2D eigenvalue weighted by Gasteiger charge is 2.17. The lowest BCUT2D eigenvalue weighted by atomic mass is 10.0. The van der Waals surface area contributed by atoms with Crippen LogP contribution in [-0.2, 0) is 4.79 Å². The van der Waals surface area contributed by atoms with E-state index in [0.717, 1.165) is 0 Å². The molecule has 0 aromatic heterocycles. The molecule has 0 spiro atoms. The van der Waals surface area contributed by atoms with Gasteiger partial charge in [-0.25, -0.2) is 0 Å². The zero-order valence-corrected chi connectivity index (χ0v) is 13.9. The summed E-state index contributed by atoms with van der Waals surface area (Å²) >= 11 is 23.7. The maximum absolute atomic E-state index is 11.7. The van der Waals surface area contributed by atoms with E-state index in [2.05, 4.69) is 0 Å². The summed E-state index contributed by atoms with van der Waals surface area (Å²) in [6.07, 6.45) is 0. The number of carbonyl (C=O) groups is 1. The summed E-state index contributed by atoms with van der Waals surface area (Å²) in [6, 6.07) is 10.0. The fourth-order valence-electron chi connectivity index (χ4n) is 1.70. The Labute approximate surface area is 142 Å². The number of halogens is 4. The maximum Gasteiger partial charge on any atom is 0.329 e. The summed E-state index contributed by atoms with van der Waals surface area (Å²) in [5.74, 6) is -0.269. The van der Waals surface area contributed by atoms with Crippen molar-refractivity contribution < 1.29 is 9.53 Å². The van der Waals surface area contributed by atoms with Crippen molar-refractivity contribution in [1.82, 2.24) is 0 Å². The Morgan fingerprint density at radius 1 is 1.00 bits per heavy atom. The first-order valence-corrected chi connectivity index (χ1v) is 7.56. The number of rotatable bonds is 3. The summed E-state index contributed by atoms with van der Waals surface area (Å²) in [7, 11) is 0. The van der Waals surface area contributed by atoms with Crippen LogP contribution < -0.4 is 4.74 Å². The van der Waals surface area contributed by atoms with Crippen LogP contribution in [0.25, 0.3) is 11.1 Å². The lowest BCUT2D eigenvalue weighted by Gasteiger charge is -2.13. The van der Waals surface area contributed by atoms with Crippen LogP contribution in [0.3, 0.4) is 0 Å². The monoisotopic (exact) mass is 362 g/mol. The molecular weight excluding hydrogens is 354 g/mol. The Morgan fingerprint density at radius 2 is 1.57 bits per heavy atom. The molecule has 0 saturated carbocycles. The molecule has 0 N–H and O–H groups in total. The molecule has 110 valence electrons. The van der Waals surface area contributed by atoms with Gasteiger partial charge in [-0.15, -0.1) is 11.6 Å². The quantitative estimate of drug-likeness (QED) is 0.388. The Balaban J connectivity index is 2.50. The highest BCUT2D eigenvalue weighted by molar-refractivity contribution is 6.36. The predicted molar refractivity (Wildman–Crippen MR) is 87.9 cm³/mol. The second kappa shape index (κ2) is 6.89. The molecule has 0 fully saturated rings. The van der Waals surface area contributed by atoms with Gasteiger partial charge in [-0.1, -0.05) is 40.9 Å². The van der Waals surface area contributed by atoms with Gasteiger partial charge in [0, 0.05) is 27.2 Å². The fourth-order valence-corrected chi connectivity index (χ4v) is 2.42. The number of ether oxygens (including phenoxy) is 1. The minimum absolute atomic E-state index is 0.296. The molecule has 6 heteroatoms. The third-order valence-electron chi connectivity index (χ3n) is 2.70. The van der Waals surface area contributed by atoms with E-state index in [4.69, 9.17) is 51.1 Å². The molecule has 1 atom stereocenters. The zero-order chi connectivity index (χ0) is 15.6. The first kappa shape index (κ1) is 16.4. The van der Waals surface area contributed by atoms with E-state index in [0.29, 0.717) is 31.9 Å². The van der Waals surface area contributed by atoms with Gasteiger partial charge in [0.05, 0.1) is 5.02 Å². The lowest BCUT2D eigenvalue weighted by Crippen LogP contribution is -2.17. The first-order chi connectivity index (χ1) is 9.88. The van der Waals surface area contributed by atoms with E-state index in [1.807, 2.05) is 0 Å². The second-order valence-corrected chi connectivity index (χ2v) is 6.24. The van der Waals surface area contributed by atoms with Gasteiger partial charge < -0.3 is 4.74 Å². The van der Waals surface area contributed by atoms with E-state index in [-0.39, 0.29) is 0 Å². The van der Waals surface area contributed by atoms with Crippen molar-refractivity contribution in [3.8, 4) is 16.9 Å². The van der Waals surface area contributed by atoms with Crippen LogP contribution in [0.4, 0.5) is 0 Å². The van der Waals surface area contributed by atoms with E-state index < -0.39 is 11.3 Å². The predicted octanol–water partition coefficient (Wildman–Crippen LogP) is 5.85. The van der Waals surface area contributed by atoms with Crippen molar-refractivity contribution >= 4 is 52.4 Å². The summed E-state index contributed by atoms with van der Waals surface area (Å²) < 4.78 is 5.28. The first-order valence-electron chi connectivity index (χ1n) is 5.99. The molecule has 0 aliphatic carbocycles. The molecule has 0 amide bonds.